The van der Waals surface area contributed by atoms with E-state index in [0.717, 1.165) is 4.47 Å². The minimum Gasteiger partial charge on any atom is -0.369 e. The Kier molecular flexibility index (Phi) is 2.83. The second-order valence-electron chi connectivity index (χ2n) is 4.11. The zero-order valence-electron chi connectivity index (χ0n) is 9.88. The third-order valence-electron chi connectivity index (χ3n) is 2.86. The average Bonchev–Trinajstić information content (AvgIpc) is 2.74. The fourth-order valence-corrected chi connectivity index (χ4v) is 2.41. The maximum Gasteiger partial charge on any atom is 0.265 e. The number of carbonyl (C=O) groups excluding carboxylic acids is 1. The van der Waals surface area contributed by atoms with Gasteiger partial charge in [0.25, 0.3) is 5.91 Å². The predicted molar refractivity (Wildman–Crippen MR) is 78.0 cm³/mol. The Morgan fingerprint density at radius 2 is 1.95 bits per heavy atom. The molecular weight excluding hydrogens is 306 g/mol. The highest BCUT2D eigenvalue weighted by atomic mass is 79.9. The molecule has 19 heavy (non-hydrogen) atoms. The standard InChI is InChI=1S/C14H10BrN3O/c15-10-5-3-4-9(8-10)13(19)18-12-7-2-1-6-11(12)17-14(18)16/h1-8H,(H2,16,17). The van der Waals surface area contributed by atoms with E-state index in [2.05, 4.69) is 20.9 Å². The Morgan fingerprint density at radius 3 is 2.74 bits per heavy atom. The van der Waals surface area contributed by atoms with E-state index in [1.54, 1.807) is 12.1 Å². The zero-order chi connectivity index (χ0) is 13.4. The monoisotopic (exact) mass is 315 g/mol. The molecule has 0 unspecified atom stereocenters. The zero-order valence-corrected chi connectivity index (χ0v) is 11.5. The lowest BCUT2D eigenvalue weighted by molar-refractivity contribution is 0.0967. The summed E-state index contributed by atoms with van der Waals surface area (Å²) >= 11 is 3.35. The highest BCUT2D eigenvalue weighted by Crippen LogP contribution is 2.20. The molecule has 0 aliphatic heterocycles. The van der Waals surface area contributed by atoms with E-state index in [0.29, 0.717) is 16.6 Å². The van der Waals surface area contributed by atoms with Crippen molar-refractivity contribution in [2.45, 2.75) is 0 Å². The molecule has 1 aromatic heterocycles. The van der Waals surface area contributed by atoms with Crippen LogP contribution in [0.4, 0.5) is 5.95 Å². The first-order chi connectivity index (χ1) is 9.16. The molecule has 5 heteroatoms. The molecule has 0 radical (unpaired) electrons. The van der Waals surface area contributed by atoms with Gasteiger partial charge in [-0.25, -0.2) is 9.55 Å². The molecule has 94 valence electrons. The Balaban J connectivity index is 2.19. The predicted octanol–water partition coefficient (Wildman–Crippen LogP) is 3.07. The molecule has 0 saturated carbocycles. The maximum absolute atomic E-state index is 12.5. The van der Waals surface area contributed by atoms with E-state index >= 15 is 0 Å². The Hall–Kier alpha value is -2.14. The lowest BCUT2D eigenvalue weighted by atomic mass is 10.2. The topological polar surface area (TPSA) is 60.9 Å². The van der Waals surface area contributed by atoms with Gasteiger partial charge >= 0.3 is 0 Å². The molecule has 0 amide bonds. The number of imidazole rings is 1. The van der Waals surface area contributed by atoms with Crippen LogP contribution < -0.4 is 5.73 Å². The molecule has 3 aromatic rings. The molecule has 3 rings (SSSR count). The molecule has 2 N–H and O–H groups in total. The lowest BCUT2D eigenvalue weighted by Gasteiger charge is -2.05. The Labute approximate surface area is 118 Å². The summed E-state index contributed by atoms with van der Waals surface area (Å²) in [5.74, 6) is 0.0127. The first kappa shape index (κ1) is 11.9. The number of nitrogen functional groups attached to an aromatic ring is 1. The van der Waals surface area contributed by atoms with Crippen molar-refractivity contribution in [1.82, 2.24) is 9.55 Å². The van der Waals surface area contributed by atoms with Crippen molar-refractivity contribution in [3.63, 3.8) is 0 Å². The number of aromatic nitrogens is 2. The molecule has 0 spiro atoms. The van der Waals surface area contributed by atoms with E-state index in [4.69, 9.17) is 5.73 Å². The number of carbonyl (C=O) groups is 1. The molecule has 0 fully saturated rings. The first-order valence-electron chi connectivity index (χ1n) is 5.70. The van der Waals surface area contributed by atoms with E-state index < -0.39 is 0 Å². The van der Waals surface area contributed by atoms with Crippen LogP contribution in [0.25, 0.3) is 11.0 Å². The van der Waals surface area contributed by atoms with Gasteiger partial charge in [-0.15, -0.1) is 0 Å². The van der Waals surface area contributed by atoms with Crippen LogP contribution in [0, 0.1) is 0 Å². The highest BCUT2D eigenvalue weighted by molar-refractivity contribution is 9.10. The number of halogens is 1. The van der Waals surface area contributed by atoms with Gasteiger partial charge in [-0.3, -0.25) is 4.79 Å². The summed E-state index contributed by atoms with van der Waals surface area (Å²) in [6, 6.07) is 14.6. The second-order valence-corrected chi connectivity index (χ2v) is 5.03. The SMILES string of the molecule is Nc1nc2ccccc2n1C(=O)c1cccc(Br)c1. The fraction of sp³-hybridized carbons (Fsp3) is 0. The number of hydrogen-bond acceptors (Lipinski definition) is 3. The van der Waals surface area contributed by atoms with Crippen molar-refractivity contribution in [3.05, 3.63) is 58.6 Å². The van der Waals surface area contributed by atoms with Crippen LogP contribution in [0.3, 0.4) is 0 Å². The van der Waals surface area contributed by atoms with Gasteiger partial charge in [0.2, 0.25) is 5.95 Å². The average molecular weight is 316 g/mol. The van der Waals surface area contributed by atoms with E-state index in [-0.39, 0.29) is 11.9 Å². The molecule has 0 saturated heterocycles. The number of para-hydroxylation sites is 2. The number of rotatable bonds is 1. The molecule has 0 aliphatic rings. The molecule has 4 nitrogen and oxygen atoms in total. The van der Waals surface area contributed by atoms with Crippen molar-refractivity contribution in [3.8, 4) is 0 Å². The summed E-state index contributed by atoms with van der Waals surface area (Å²) in [7, 11) is 0. The van der Waals surface area contributed by atoms with Crippen LogP contribution in [0.15, 0.2) is 53.0 Å². The number of nitrogens with two attached hydrogens (primary N) is 1. The minimum atomic E-state index is -0.187. The molecule has 0 atom stereocenters. The van der Waals surface area contributed by atoms with Crippen LogP contribution in [-0.2, 0) is 0 Å². The largest absolute Gasteiger partial charge is 0.369 e. The Bertz CT molecular complexity index is 779. The van der Waals surface area contributed by atoms with E-state index in [1.807, 2.05) is 36.4 Å². The van der Waals surface area contributed by atoms with Crippen molar-refractivity contribution >= 4 is 38.8 Å². The van der Waals surface area contributed by atoms with Crippen molar-refractivity contribution in [1.29, 1.82) is 0 Å². The van der Waals surface area contributed by atoms with Gasteiger partial charge < -0.3 is 5.73 Å². The number of nitrogens with zero attached hydrogens (tertiary/aromatic N) is 2. The van der Waals surface area contributed by atoms with Crippen molar-refractivity contribution in [2.24, 2.45) is 0 Å². The molecular formula is C14H10BrN3O. The fourth-order valence-electron chi connectivity index (χ4n) is 2.01. The molecule has 0 bridgehead atoms. The van der Waals surface area contributed by atoms with Gasteiger partial charge in [-0.05, 0) is 30.3 Å². The Morgan fingerprint density at radius 1 is 1.16 bits per heavy atom. The number of benzene rings is 2. The normalized spacial score (nSPS) is 10.8. The molecule has 1 heterocycles. The highest BCUT2D eigenvalue weighted by Gasteiger charge is 2.16. The smallest absolute Gasteiger partial charge is 0.265 e. The van der Waals surface area contributed by atoms with E-state index in [9.17, 15) is 4.79 Å². The first-order valence-corrected chi connectivity index (χ1v) is 6.49. The quantitative estimate of drug-likeness (QED) is 0.750. The summed E-state index contributed by atoms with van der Waals surface area (Å²) in [6.45, 7) is 0. The van der Waals surface area contributed by atoms with Crippen LogP contribution >= 0.6 is 15.9 Å². The van der Waals surface area contributed by atoms with Gasteiger partial charge in [0.15, 0.2) is 0 Å². The summed E-state index contributed by atoms with van der Waals surface area (Å²) in [5, 5.41) is 0. The molecule has 2 aromatic carbocycles. The van der Waals surface area contributed by atoms with Crippen LogP contribution in [0.2, 0.25) is 0 Å². The van der Waals surface area contributed by atoms with Gasteiger partial charge in [-0.2, -0.15) is 0 Å². The molecule has 0 aliphatic carbocycles. The second kappa shape index (κ2) is 4.51. The maximum atomic E-state index is 12.5. The van der Waals surface area contributed by atoms with Crippen molar-refractivity contribution in [2.75, 3.05) is 5.73 Å². The number of anilines is 1. The van der Waals surface area contributed by atoms with Crippen LogP contribution in [-0.4, -0.2) is 15.5 Å². The van der Waals surface area contributed by atoms with Crippen molar-refractivity contribution < 1.29 is 4.79 Å². The van der Waals surface area contributed by atoms with Gasteiger partial charge in [0.05, 0.1) is 11.0 Å². The van der Waals surface area contributed by atoms with Crippen LogP contribution in [0.1, 0.15) is 10.4 Å². The third kappa shape index (κ3) is 2.02. The number of fused-ring (bicyclic) bond motifs is 1. The van der Waals surface area contributed by atoms with Gasteiger partial charge in [-0.1, -0.05) is 34.1 Å². The van der Waals surface area contributed by atoms with E-state index in [1.165, 1.54) is 4.57 Å². The van der Waals surface area contributed by atoms with Crippen LogP contribution in [0.5, 0.6) is 0 Å². The van der Waals surface area contributed by atoms with Gasteiger partial charge in [0, 0.05) is 10.0 Å². The lowest BCUT2D eigenvalue weighted by Crippen LogP contribution is -2.14. The summed E-state index contributed by atoms with van der Waals surface area (Å²) in [5.41, 5.74) is 7.83. The third-order valence-corrected chi connectivity index (χ3v) is 3.35. The summed E-state index contributed by atoms with van der Waals surface area (Å²) < 4.78 is 2.28. The number of hydrogen-bond donors (Lipinski definition) is 1. The summed E-state index contributed by atoms with van der Waals surface area (Å²) in [4.78, 5) is 16.7. The van der Waals surface area contributed by atoms with Gasteiger partial charge in [0.1, 0.15) is 0 Å². The summed E-state index contributed by atoms with van der Waals surface area (Å²) in [6.07, 6.45) is 0. The minimum absolute atomic E-state index is 0.187.